The summed E-state index contributed by atoms with van der Waals surface area (Å²) < 4.78 is 6.75. The van der Waals surface area contributed by atoms with Gasteiger partial charge in [-0.1, -0.05) is 38.1 Å². The van der Waals surface area contributed by atoms with Crippen LogP contribution in [0.4, 0.5) is 0 Å². The molecule has 0 unspecified atom stereocenters. The quantitative estimate of drug-likeness (QED) is 0.463. The zero-order valence-electron chi connectivity index (χ0n) is 16.5. The van der Waals surface area contributed by atoms with E-state index in [-0.39, 0.29) is 5.97 Å². The maximum absolute atomic E-state index is 12.2. The van der Waals surface area contributed by atoms with E-state index in [0.717, 1.165) is 33.4 Å². The van der Waals surface area contributed by atoms with Crippen LogP contribution in [0.3, 0.4) is 0 Å². The summed E-state index contributed by atoms with van der Waals surface area (Å²) in [5.74, 6) is -0.388. The van der Waals surface area contributed by atoms with Gasteiger partial charge in [0.25, 0.3) is 0 Å². The predicted molar refractivity (Wildman–Crippen MR) is 112 cm³/mol. The monoisotopic (exact) mass is 373 g/mol. The summed E-state index contributed by atoms with van der Waals surface area (Å²) in [4.78, 5) is 16.7. The van der Waals surface area contributed by atoms with Crippen molar-refractivity contribution in [1.29, 1.82) is 0 Å². The smallest absolute Gasteiger partial charge is 0.337 e. The van der Waals surface area contributed by atoms with Crippen molar-refractivity contribution in [3.63, 3.8) is 0 Å². The Hall–Kier alpha value is -3.47. The summed E-state index contributed by atoms with van der Waals surface area (Å²) in [7, 11) is 1.38. The number of nitrogens with zero attached hydrogens (tertiary/aromatic N) is 3. The van der Waals surface area contributed by atoms with Crippen LogP contribution < -0.4 is 0 Å². The maximum atomic E-state index is 12.2. The third-order valence-electron chi connectivity index (χ3n) is 4.30. The molecule has 2 aromatic heterocycles. The van der Waals surface area contributed by atoms with Gasteiger partial charge in [0.2, 0.25) is 0 Å². The van der Waals surface area contributed by atoms with E-state index in [1.165, 1.54) is 7.11 Å². The second-order valence-electron chi connectivity index (χ2n) is 6.06. The molecule has 5 heteroatoms. The van der Waals surface area contributed by atoms with Crippen LogP contribution in [0, 0.1) is 6.92 Å². The van der Waals surface area contributed by atoms with E-state index in [9.17, 15) is 4.79 Å². The number of carbonyl (C=O) groups is 1. The number of carbonyl (C=O) groups excluding carboxylic acids is 1. The highest BCUT2D eigenvalue weighted by Gasteiger charge is 2.16. The van der Waals surface area contributed by atoms with Crippen LogP contribution in [0.2, 0.25) is 0 Å². The Morgan fingerprint density at radius 2 is 1.75 bits per heavy atom. The van der Waals surface area contributed by atoms with Crippen molar-refractivity contribution in [2.45, 2.75) is 20.8 Å². The molecule has 5 nitrogen and oxygen atoms in total. The van der Waals surface area contributed by atoms with Crippen molar-refractivity contribution >= 4 is 16.9 Å². The number of aromatic nitrogens is 3. The summed E-state index contributed by atoms with van der Waals surface area (Å²) in [6, 6.07) is 17.4. The van der Waals surface area contributed by atoms with Crippen molar-refractivity contribution in [2.24, 2.45) is 0 Å². The highest BCUT2D eigenvalue weighted by atomic mass is 16.5. The Morgan fingerprint density at radius 1 is 1.00 bits per heavy atom. The van der Waals surface area contributed by atoms with E-state index in [1.54, 1.807) is 12.3 Å². The Morgan fingerprint density at radius 3 is 2.39 bits per heavy atom. The van der Waals surface area contributed by atoms with Gasteiger partial charge in [0.15, 0.2) is 0 Å². The summed E-state index contributed by atoms with van der Waals surface area (Å²) in [5, 5.41) is 5.46. The first-order valence-corrected chi connectivity index (χ1v) is 9.26. The van der Waals surface area contributed by atoms with Gasteiger partial charge in [-0.2, -0.15) is 5.10 Å². The molecular weight excluding hydrogens is 350 g/mol. The fraction of sp³-hybridized carbons (Fsp3) is 0.174. The molecule has 0 saturated carbocycles. The standard InChI is InChI=1S/C21H17N3O2.C2H6/c1-14-8-9-19(22-12-14)17-10-15(21(25)26-2)11-20-18(17)13-23-24(20)16-6-4-3-5-7-16;1-2/h3-13H,1-2H3;1-2H3. The summed E-state index contributed by atoms with van der Waals surface area (Å²) >= 11 is 0. The molecule has 0 N–H and O–H groups in total. The van der Waals surface area contributed by atoms with Crippen molar-refractivity contribution in [1.82, 2.24) is 14.8 Å². The molecule has 0 amide bonds. The van der Waals surface area contributed by atoms with Gasteiger partial charge in [-0.15, -0.1) is 0 Å². The van der Waals surface area contributed by atoms with E-state index in [2.05, 4.69) is 10.1 Å². The van der Waals surface area contributed by atoms with E-state index >= 15 is 0 Å². The lowest BCUT2D eigenvalue weighted by atomic mass is 10.0. The predicted octanol–water partition coefficient (Wildman–Crippen LogP) is 5.21. The molecule has 0 spiro atoms. The minimum atomic E-state index is -0.388. The number of ether oxygens (including phenoxy) is 1. The third kappa shape index (κ3) is 3.64. The zero-order chi connectivity index (χ0) is 20.1. The molecule has 0 bridgehead atoms. The lowest BCUT2D eigenvalue weighted by Crippen LogP contribution is -2.03. The first-order chi connectivity index (χ1) is 13.7. The minimum Gasteiger partial charge on any atom is -0.465 e. The lowest BCUT2D eigenvalue weighted by Gasteiger charge is -2.09. The second kappa shape index (κ2) is 8.48. The van der Waals surface area contributed by atoms with Gasteiger partial charge < -0.3 is 4.74 Å². The van der Waals surface area contributed by atoms with Crippen LogP contribution in [0.15, 0.2) is 67.0 Å². The average Bonchev–Trinajstić information content (AvgIpc) is 3.19. The molecule has 0 aliphatic rings. The summed E-state index contributed by atoms with van der Waals surface area (Å²) in [6.07, 6.45) is 3.62. The topological polar surface area (TPSA) is 57.0 Å². The van der Waals surface area contributed by atoms with Crippen molar-refractivity contribution in [2.75, 3.05) is 7.11 Å². The lowest BCUT2D eigenvalue weighted by molar-refractivity contribution is 0.0601. The minimum absolute atomic E-state index is 0.388. The first-order valence-electron chi connectivity index (χ1n) is 9.26. The Labute approximate surface area is 164 Å². The van der Waals surface area contributed by atoms with Crippen LogP contribution in [0.5, 0.6) is 0 Å². The summed E-state index contributed by atoms with van der Waals surface area (Å²) in [5.41, 5.74) is 4.94. The number of fused-ring (bicyclic) bond motifs is 1. The number of aryl methyl sites for hydroxylation is 1. The number of pyridine rings is 1. The fourth-order valence-corrected chi connectivity index (χ4v) is 2.98. The molecular formula is C23H23N3O2. The third-order valence-corrected chi connectivity index (χ3v) is 4.30. The van der Waals surface area contributed by atoms with Gasteiger partial charge in [-0.05, 0) is 42.8 Å². The van der Waals surface area contributed by atoms with E-state index in [4.69, 9.17) is 4.74 Å². The number of hydrogen-bond donors (Lipinski definition) is 0. The number of esters is 1. The van der Waals surface area contributed by atoms with Gasteiger partial charge in [-0.25, -0.2) is 9.48 Å². The van der Waals surface area contributed by atoms with Crippen LogP contribution >= 0.6 is 0 Å². The van der Waals surface area contributed by atoms with Gasteiger partial charge in [0.1, 0.15) is 0 Å². The van der Waals surface area contributed by atoms with Crippen LogP contribution in [-0.2, 0) is 4.74 Å². The van der Waals surface area contributed by atoms with E-state index in [1.807, 2.05) is 80.2 Å². The number of benzene rings is 2. The van der Waals surface area contributed by atoms with Crippen LogP contribution in [0.25, 0.3) is 27.8 Å². The van der Waals surface area contributed by atoms with E-state index < -0.39 is 0 Å². The highest BCUT2D eigenvalue weighted by Crippen LogP contribution is 2.30. The molecule has 28 heavy (non-hydrogen) atoms. The van der Waals surface area contributed by atoms with Crippen molar-refractivity contribution in [3.05, 3.63) is 78.1 Å². The van der Waals surface area contributed by atoms with Gasteiger partial charge in [-0.3, -0.25) is 4.98 Å². The molecule has 2 aromatic carbocycles. The Bertz CT molecular complexity index is 1080. The summed E-state index contributed by atoms with van der Waals surface area (Å²) in [6.45, 7) is 5.99. The maximum Gasteiger partial charge on any atom is 0.337 e. The Kier molecular flexibility index (Phi) is 5.84. The first kappa shape index (κ1) is 19.3. The molecule has 0 atom stereocenters. The van der Waals surface area contributed by atoms with Gasteiger partial charge >= 0.3 is 5.97 Å². The molecule has 142 valence electrons. The molecule has 2 heterocycles. The Balaban J connectivity index is 0.00000109. The number of para-hydroxylation sites is 1. The SMILES string of the molecule is CC.COC(=O)c1cc(-c2ccc(C)cn2)c2cnn(-c3ccccc3)c2c1. The molecule has 4 rings (SSSR count). The highest BCUT2D eigenvalue weighted by molar-refractivity contribution is 6.01. The number of methoxy groups -OCH3 is 1. The molecule has 0 fully saturated rings. The number of rotatable bonds is 3. The van der Waals surface area contributed by atoms with E-state index in [0.29, 0.717) is 5.56 Å². The van der Waals surface area contributed by atoms with Crippen LogP contribution in [0.1, 0.15) is 29.8 Å². The molecule has 0 saturated heterocycles. The van der Waals surface area contributed by atoms with Crippen LogP contribution in [-0.4, -0.2) is 27.8 Å². The van der Waals surface area contributed by atoms with Crippen molar-refractivity contribution in [3.8, 4) is 16.9 Å². The zero-order valence-corrected chi connectivity index (χ0v) is 16.5. The average molecular weight is 373 g/mol. The fourth-order valence-electron chi connectivity index (χ4n) is 2.98. The molecule has 0 radical (unpaired) electrons. The normalized spacial score (nSPS) is 10.3. The second-order valence-corrected chi connectivity index (χ2v) is 6.06. The van der Waals surface area contributed by atoms with Gasteiger partial charge in [0.05, 0.1) is 35.8 Å². The largest absolute Gasteiger partial charge is 0.465 e. The molecule has 0 aliphatic carbocycles. The number of hydrogen-bond acceptors (Lipinski definition) is 4. The van der Waals surface area contributed by atoms with Gasteiger partial charge in [0, 0.05) is 17.1 Å². The molecule has 4 aromatic rings. The van der Waals surface area contributed by atoms with Crippen molar-refractivity contribution < 1.29 is 9.53 Å². The molecule has 0 aliphatic heterocycles.